The zero-order chi connectivity index (χ0) is 19.9. The second-order valence-electron chi connectivity index (χ2n) is 8.64. The zero-order valence-corrected chi connectivity index (χ0v) is 17.8. The summed E-state index contributed by atoms with van der Waals surface area (Å²) in [6.07, 6.45) is 5.44. The lowest BCUT2D eigenvalue weighted by Gasteiger charge is -2.38. The molecule has 2 rings (SSSR count). The van der Waals surface area contributed by atoms with Gasteiger partial charge in [-0.2, -0.15) is 0 Å². The highest BCUT2D eigenvalue weighted by molar-refractivity contribution is 5.86. The number of hydrogen-bond donors (Lipinski definition) is 1. The third-order valence-electron chi connectivity index (χ3n) is 6.22. The van der Waals surface area contributed by atoms with Crippen molar-refractivity contribution in [1.82, 2.24) is 9.80 Å². The average molecular weight is 374 g/mol. The Bertz CT molecular complexity index is 558. The van der Waals surface area contributed by atoms with E-state index in [0.29, 0.717) is 12.1 Å². The van der Waals surface area contributed by atoms with E-state index in [4.69, 9.17) is 5.73 Å². The minimum Gasteiger partial charge on any atom is -0.369 e. The van der Waals surface area contributed by atoms with Gasteiger partial charge in [-0.1, -0.05) is 36.8 Å². The van der Waals surface area contributed by atoms with Gasteiger partial charge in [-0.05, 0) is 78.6 Å². The maximum absolute atomic E-state index is 12.8. The van der Waals surface area contributed by atoms with E-state index in [9.17, 15) is 4.79 Å². The topological polar surface area (TPSA) is 49.6 Å². The highest BCUT2D eigenvalue weighted by Crippen LogP contribution is 2.33. The molecule has 1 amide bonds. The van der Waals surface area contributed by atoms with Crippen LogP contribution >= 0.6 is 0 Å². The molecular weight excluding hydrogens is 334 g/mol. The highest BCUT2D eigenvalue weighted by Gasteiger charge is 2.39. The molecule has 0 aromatic heterocycles. The highest BCUT2D eigenvalue weighted by atomic mass is 16.1. The second-order valence-corrected chi connectivity index (χ2v) is 8.64. The predicted molar refractivity (Wildman–Crippen MR) is 114 cm³/mol. The second kappa shape index (κ2) is 10.2. The van der Waals surface area contributed by atoms with Crippen LogP contribution in [0.2, 0.25) is 0 Å². The molecule has 0 saturated carbocycles. The molecule has 27 heavy (non-hydrogen) atoms. The van der Waals surface area contributed by atoms with E-state index in [1.54, 1.807) is 0 Å². The zero-order valence-electron chi connectivity index (χ0n) is 17.8. The number of likely N-dealkylation sites (tertiary alicyclic amines) is 1. The van der Waals surface area contributed by atoms with Crippen molar-refractivity contribution in [2.24, 2.45) is 5.73 Å². The molecule has 1 aromatic rings. The quantitative estimate of drug-likeness (QED) is 0.679. The van der Waals surface area contributed by atoms with Crippen LogP contribution in [0.15, 0.2) is 30.3 Å². The summed E-state index contributed by atoms with van der Waals surface area (Å²) >= 11 is 0. The minimum atomic E-state index is -0.596. The molecule has 1 atom stereocenters. The number of hydrogen-bond acceptors (Lipinski definition) is 3. The fourth-order valence-corrected chi connectivity index (χ4v) is 4.52. The van der Waals surface area contributed by atoms with Gasteiger partial charge in [-0.3, -0.25) is 9.69 Å². The Labute approximate surface area is 166 Å². The van der Waals surface area contributed by atoms with Crippen molar-refractivity contribution < 1.29 is 4.79 Å². The molecule has 152 valence electrons. The Morgan fingerprint density at radius 1 is 1.04 bits per heavy atom. The van der Waals surface area contributed by atoms with Crippen molar-refractivity contribution in [3.8, 4) is 0 Å². The molecule has 1 aromatic carbocycles. The number of benzene rings is 1. The average Bonchev–Trinajstić information content (AvgIpc) is 2.65. The van der Waals surface area contributed by atoms with Gasteiger partial charge in [0.15, 0.2) is 0 Å². The molecule has 1 aliphatic heterocycles. The van der Waals surface area contributed by atoms with Gasteiger partial charge in [0, 0.05) is 18.6 Å². The Balaban J connectivity index is 2.23. The van der Waals surface area contributed by atoms with Crippen molar-refractivity contribution in [3.05, 3.63) is 35.9 Å². The summed E-state index contributed by atoms with van der Waals surface area (Å²) < 4.78 is 0. The Hall–Kier alpha value is -1.39. The Morgan fingerprint density at radius 2 is 1.63 bits per heavy atom. The number of amides is 1. The molecule has 0 aliphatic carbocycles. The van der Waals surface area contributed by atoms with Crippen molar-refractivity contribution in [3.63, 3.8) is 0 Å². The molecule has 1 heterocycles. The molecule has 4 nitrogen and oxygen atoms in total. The standard InChI is InChI=1S/C23H39N3O/c1-19(2)26(20(3)4)18-14-23(22(24)27,21-11-7-5-8-12-21)13-17-25-15-9-6-10-16-25/h5,7-8,11-12,19-20H,6,9-10,13-18H2,1-4H3,(H2,24,27). The molecule has 1 fully saturated rings. The molecule has 0 bridgehead atoms. The maximum Gasteiger partial charge on any atom is 0.228 e. The van der Waals surface area contributed by atoms with Gasteiger partial charge in [-0.25, -0.2) is 0 Å². The molecule has 0 radical (unpaired) electrons. The third-order valence-corrected chi connectivity index (χ3v) is 6.22. The van der Waals surface area contributed by atoms with Crippen LogP contribution in [-0.4, -0.2) is 54.0 Å². The van der Waals surface area contributed by atoms with Crippen molar-refractivity contribution in [2.75, 3.05) is 26.2 Å². The van der Waals surface area contributed by atoms with Crippen LogP contribution in [0, 0.1) is 0 Å². The summed E-state index contributed by atoms with van der Waals surface area (Å²) in [5.74, 6) is -0.182. The van der Waals surface area contributed by atoms with Crippen molar-refractivity contribution >= 4 is 5.91 Å². The van der Waals surface area contributed by atoms with E-state index in [1.165, 1.54) is 19.3 Å². The van der Waals surface area contributed by atoms with Crippen molar-refractivity contribution in [2.45, 2.75) is 77.3 Å². The Morgan fingerprint density at radius 3 is 2.15 bits per heavy atom. The lowest BCUT2D eigenvalue weighted by atomic mass is 9.73. The third kappa shape index (κ3) is 5.79. The van der Waals surface area contributed by atoms with E-state index in [2.05, 4.69) is 49.6 Å². The van der Waals surface area contributed by atoms with Crippen LogP contribution in [0.3, 0.4) is 0 Å². The van der Waals surface area contributed by atoms with E-state index in [1.807, 2.05) is 18.2 Å². The summed E-state index contributed by atoms with van der Waals surface area (Å²) in [7, 11) is 0. The first-order chi connectivity index (χ1) is 12.9. The van der Waals surface area contributed by atoms with Gasteiger partial charge < -0.3 is 10.6 Å². The van der Waals surface area contributed by atoms with E-state index in [0.717, 1.165) is 44.6 Å². The lowest BCUT2D eigenvalue weighted by Crippen LogP contribution is -2.48. The number of nitrogens with two attached hydrogens (primary N) is 1. The normalized spacial score (nSPS) is 18.2. The van der Waals surface area contributed by atoms with Gasteiger partial charge >= 0.3 is 0 Å². The number of carbonyl (C=O) groups excluding carboxylic acids is 1. The van der Waals surface area contributed by atoms with Gasteiger partial charge in [0.1, 0.15) is 0 Å². The number of piperidine rings is 1. The number of primary amides is 1. The van der Waals surface area contributed by atoms with Gasteiger partial charge in [0.25, 0.3) is 0 Å². The van der Waals surface area contributed by atoms with Gasteiger partial charge in [0.05, 0.1) is 5.41 Å². The van der Waals surface area contributed by atoms with Gasteiger partial charge in [-0.15, -0.1) is 0 Å². The summed E-state index contributed by atoms with van der Waals surface area (Å²) in [4.78, 5) is 17.8. The molecule has 1 aliphatic rings. The summed E-state index contributed by atoms with van der Waals surface area (Å²) in [5.41, 5.74) is 6.56. The first-order valence-corrected chi connectivity index (χ1v) is 10.7. The van der Waals surface area contributed by atoms with Crippen LogP contribution in [0.1, 0.15) is 65.4 Å². The monoisotopic (exact) mass is 373 g/mol. The largest absolute Gasteiger partial charge is 0.369 e. The van der Waals surface area contributed by atoms with Crippen LogP contribution in [-0.2, 0) is 10.2 Å². The molecule has 1 saturated heterocycles. The SMILES string of the molecule is CC(C)N(CCC(CCN1CCCCC1)(C(N)=O)c1ccccc1)C(C)C. The van der Waals surface area contributed by atoms with Crippen LogP contribution in [0.25, 0.3) is 0 Å². The number of carbonyl (C=O) groups is 1. The summed E-state index contributed by atoms with van der Waals surface area (Å²) in [6.45, 7) is 13.0. The van der Waals surface area contributed by atoms with E-state index >= 15 is 0 Å². The first kappa shape index (κ1) is 21.9. The molecule has 1 unspecified atom stereocenters. The molecule has 2 N–H and O–H groups in total. The smallest absolute Gasteiger partial charge is 0.228 e. The van der Waals surface area contributed by atoms with Crippen LogP contribution < -0.4 is 5.73 Å². The molecule has 0 spiro atoms. The molecular formula is C23H39N3O. The van der Waals surface area contributed by atoms with Crippen LogP contribution in [0.5, 0.6) is 0 Å². The summed E-state index contributed by atoms with van der Waals surface area (Å²) in [5, 5.41) is 0. The minimum absolute atomic E-state index is 0.182. The predicted octanol–water partition coefficient (Wildman–Crippen LogP) is 3.79. The number of nitrogens with zero attached hydrogens (tertiary/aromatic N) is 2. The molecule has 4 heteroatoms. The fraction of sp³-hybridized carbons (Fsp3) is 0.696. The Kier molecular flexibility index (Phi) is 8.30. The fourth-order valence-electron chi connectivity index (χ4n) is 4.52. The van der Waals surface area contributed by atoms with Crippen molar-refractivity contribution in [1.29, 1.82) is 0 Å². The summed E-state index contributed by atoms with van der Waals surface area (Å²) in [6, 6.07) is 11.1. The lowest BCUT2D eigenvalue weighted by molar-refractivity contribution is -0.124. The van der Waals surface area contributed by atoms with E-state index < -0.39 is 5.41 Å². The van der Waals surface area contributed by atoms with Crippen LogP contribution in [0.4, 0.5) is 0 Å². The maximum atomic E-state index is 12.8. The first-order valence-electron chi connectivity index (χ1n) is 10.7. The number of rotatable bonds is 10. The van der Waals surface area contributed by atoms with Gasteiger partial charge in [0.2, 0.25) is 5.91 Å². The van der Waals surface area contributed by atoms with E-state index in [-0.39, 0.29) is 5.91 Å².